The molecule has 0 bridgehead atoms. The molecule has 0 heterocycles. The second-order valence-electron chi connectivity index (χ2n) is 5.98. The number of esters is 1. The van der Waals surface area contributed by atoms with Crippen LogP contribution in [0.4, 0.5) is 0 Å². The van der Waals surface area contributed by atoms with Gasteiger partial charge in [0, 0.05) is 6.42 Å². The number of hydrogen-bond donors (Lipinski definition) is 0. The van der Waals surface area contributed by atoms with E-state index in [9.17, 15) is 4.79 Å². The summed E-state index contributed by atoms with van der Waals surface area (Å²) in [5.74, 6) is 0.821. The number of rotatable bonds is 13. The Morgan fingerprint density at radius 2 is 1.53 bits per heavy atom. The van der Waals surface area contributed by atoms with Crippen molar-refractivity contribution in [3.8, 4) is 0 Å². The lowest BCUT2D eigenvalue weighted by molar-refractivity contribution is -0.143. The minimum atomic E-state index is -0.00122. The van der Waals surface area contributed by atoms with Crippen molar-refractivity contribution in [2.45, 2.75) is 91.4 Å². The lowest BCUT2D eigenvalue weighted by Crippen LogP contribution is -2.05. The van der Waals surface area contributed by atoms with E-state index in [1.54, 1.807) is 0 Å². The third-order valence-electron chi connectivity index (χ3n) is 3.42. The Morgan fingerprint density at radius 3 is 2.21 bits per heavy atom. The predicted octanol–water partition coefficient (Wildman–Crippen LogP) is 5.50. The average molecular weight is 270 g/mol. The average Bonchev–Trinajstić information content (AvgIpc) is 2.37. The molecule has 0 saturated carbocycles. The van der Waals surface area contributed by atoms with E-state index in [0.717, 1.165) is 18.8 Å². The van der Waals surface area contributed by atoms with E-state index in [1.807, 2.05) is 0 Å². The number of hydrogen-bond acceptors (Lipinski definition) is 2. The molecule has 0 aromatic heterocycles. The molecule has 0 unspecified atom stereocenters. The summed E-state index contributed by atoms with van der Waals surface area (Å²) in [5.41, 5.74) is 0. The highest BCUT2D eigenvalue weighted by Crippen LogP contribution is 2.11. The molecule has 114 valence electrons. The second kappa shape index (κ2) is 13.9. The molecule has 0 amide bonds. The molecule has 0 radical (unpaired) electrons. The fourth-order valence-corrected chi connectivity index (χ4v) is 2.14. The zero-order chi connectivity index (χ0) is 14.3. The van der Waals surface area contributed by atoms with Gasteiger partial charge in [-0.15, -0.1) is 0 Å². The summed E-state index contributed by atoms with van der Waals surface area (Å²) in [5, 5.41) is 0. The molecule has 0 aromatic carbocycles. The normalized spacial score (nSPS) is 10.9. The highest BCUT2D eigenvalue weighted by molar-refractivity contribution is 5.69. The van der Waals surface area contributed by atoms with Gasteiger partial charge in [-0.05, 0) is 18.8 Å². The smallest absolute Gasteiger partial charge is 0.305 e. The third-order valence-corrected chi connectivity index (χ3v) is 3.42. The molecule has 0 fully saturated rings. The SMILES string of the molecule is CCCCCCOC(=O)CCCCCCCC(C)C. The minimum Gasteiger partial charge on any atom is -0.466 e. The quantitative estimate of drug-likeness (QED) is 0.326. The van der Waals surface area contributed by atoms with E-state index in [-0.39, 0.29) is 5.97 Å². The molecular weight excluding hydrogens is 236 g/mol. The van der Waals surface area contributed by atoms with Gasteiger partial charge in [0.1, 0.15) is 0 Å². The molecule has 0 aliphatic carbocycles. The van der Waals surface area contributed by atoms with Crippen LogP contribution in [0.15, 0.2) is 0 Å². The summed E-state index contributed by atoms with van der Waals surface area (Å²) in [6, 6.07) is 0. The van der Waals surface area contributed by atoms with Gasteiger partial charge in [-0.2, -0.15) is 0 Å². The summed E-state index contributed by atoms with van der Waals surface area (Å²) in [6.07, 6.45) is 12.7. The van der Waals surface area contributed by atoms with Crippen molar-refractivity contribution < 1.29 is 9.53 Å². The van der Waals surface area contributed by atoms with Gasteiger partial charge in [-0.25, -0.2) is 0 Å². The number of carbonyl (C=O) groups excluding carboxylic acids is 1. The van der Waals surface area contributed by atoms with Crippen molar-refractivity contribution in [2.75, 3.05) is 6.61 Å². The fourth-order valence-electron chi connectivity index (χ4n) is 2.14. The fraction of sp³-hybridized carbons (Fsp3) is 0.941. The van der Waals surface area contributed by atoms with Crippen LogP contribution in [0.2, 0.25) is 0 Å². The molecule has 2 heteroatoms. The van der Waals surface area contributed by atoms with Gasteiger partial charge >= 0.3 is 5.97 Å². The highest BCUT2D eigenvalue weighted by atomic mass is 16.5. The first-order valence-electron chi connectivity index (χ1n) is 8.32. The van der Waals surface area contributed by atoms with Crippen molar-refractivity contribution in [3.63, 3.8) is 0 Å². The molecule has 0 atom stereocenters. The van der Waals surface area contributed by atoms with Crippen molar-refractivity contribution in [2.24, 2.45) is 5.92 Å². The van der Waals surface area contributed by atoms with Crippen LogP contribution in [0, 0.1) is 5.92 Å². The van der Waals surface area contributed by atoms with Crippen LogP contribution in [0.25, 0.3) is 0 Å². The van der Waals surface area contributed by atoms with Crippen LogP contribution >= 0.6 is 0 Å². The van der Waals surface area contributed by atoms with Crippen LogP contribution in [0.3, 0.4) is 0 Å². The Balaban J connectivity index is 3.16. The molecule has 0 aliphatic rings. The number of carbonyl (C=O) groups is 1. The van der Waals surface area contributed by atoms with Crippen LogP contribution in [0.1, 0.15) is 91.4 Å². The van der Waals surface area contributed by atoms with Crippen LogP contribution in [-0.2, 0) is 9.53 Å². The van der Waals surface area contributed by atoms with Gasteiger partial charge in [0.25, 0.3) is 0 Å². The molecule has 0 saturated heterocycles. The van der Waals surface area contributed by atoms with Crippen molar-refractivity contribution in [1.82, 2.24) is 0 Å². The van der Waals surface area contributed by atoms with E-state index in [0.29, 0.717) is 13.0 Å². The number of ether oxygens (including phenoxy) is 1. The van der Waals surface area contributed by atoms with Gasteiger partial charge in [0.2, 0.25) is 0 Å². The van der Waals surface area contributed by atoms with E-state index in [4.69, 9.17) is 4.74 Å². The van der Waals surface area contributed by atoms with E-state index >= 15 is 0 Å². The Hall–Kier alpha value is -0.530. The monoisotopic (exact) mass is 270 g/mol. The largest absolute Gasteiger partial charge is 0.466 e. The second-order valence-corrected chi connectivity index (χ2v) is 5.98. The Kier molecular flexibility index (Phi) is 13.5. The predicted molar refractivity (Wildman–Crippen MR) is 82.3 cm³/mol. The first-order chi connectivity index (χ1) is 9.16. The van der Waals surface area contributed by atoms with Gasteiger partial charge < -0.3 is 4.74 Å². The molecule has 2 nitrogen and oxygen atoms in total. The Morgan fingerprint density at radius 1 is 0.895 bits per heavy atom. The van der Waals surface area contributed by atoms with E-state index in [1.165, 1.54) is 51.4 Å². The standard InChI is InChI=1S/C17H34O2/c1-4-5-6-12-15-19-17(18)14-11-9-7-8-10-13-16(2)3/h16H,4-15H2,1-3H3. The third kappa shape index (κ3) is 15.4. The van der Waals surface area contributed by atoms with Gasteiger partial charge in [0.05, 0.1) is 6.61 Å². The molecule has 0 rings (SSSR count). The van der Waals surface area contributed by atoms with Crippen molar-refractivity contribution in [3.05, 3.63) is 0 Å². The summed E-state index contributed by atoms with van der Waals surface area (Å²) in [7, 11) is 0. The zero-order valence-corrected chi connectivity index (χ0v) is 13.4. The van der Waals surface area contributed by atoms with Crippen LogP contribution < -0.4 is 0 Å². The number of unbranched alkanes of at least 4 members (excludes halogenated alkanes) is 7. The topological polar surface area (TPSA) is 26.3 Å². The highest BCUT2D eigenvalue weighted by Gasteiger charge is 2.02. The van der Waals surface area contributed by atoms with Crippen molar-refractivity contribution in [1.29, 1.82) is 0 Å². The maximum absolute atomic E-state index is 11.4. The summed E-state index contributed by atoms with van der Waals surface area (Å²) in [6.45, 7) is 7.35. The zero-order valence-electron chi connectivity index (χ0n) is 13.4. The van der Waals surface area contributed by atoms with Gasteiger partial charge in [-0.3, -0.25) is 4.79 Å². The summed E-state index contributed by atoms with van der Waals surface area (Å²) < 4.78 is 5.21. The first-order valence-corrected chi connectivity index (χ1v) is 8.32. The van der Waals surface area contributed by atoms with E-state index in [2.05, 4.69) is 20.8 Å². The molecule has 0 aliphatic heterocycles. The lowest BCUT2D eigenvalue weighted by Gasteiger charge is -2.05. The molecular formula is C17H34O2. The molecule has 0 spiro atoms. The van der Waals surface area contributed by atoms with Crippen molar-refractivity contribution >= 4 is 5.97 Å². The van der Waals surface area contributed by atoms with E-state index < -0.39 is 0 Å². The molecule has 0 N–H and O–H groups in total. The van der Waals surface area contributed by atoms with Gasteiger partial charge in [-0.1, -0.05) is 72.1 Å². The minimum absolute atomic E-state index is 0.00122. The maximum atomic E-state index is 11.4. The maximum Gasteiger partial charge on any atom is 0.305 e. The lowest BCUT2D eigenvalue weighted by atomic mass is 10.0. The summed E-state index contributed by atoms with van der Waals surface area (Å²) >= 11 is 0. The molecule has 19 heavy (non-hydrogen) atoms. The first kappa shape index (κ1) is 18.5. The summed E-state index contributed by atoms with van der Waals surface area (Å²) in [4.78, 5) is 11.4. The van der Waals surface area contributed by atoms with Crippen LogP contribution in [-0.4, -0.2) is 12.6 Å². The Bertz CT molecular complexity index is 199. The Labute approximate surface area is 120 Å². The van der Waals surface area contributed by atoms with Gasteiger partial charge in [0.15, 0.2) is 0 Å². The molecule has 0 aromatic rings. The van der Waals surface area contributed by atoms with Crippen LogP contribution in [0.5, 0.6) is 0 Å².